The van der Waals surface area contributed by atoms with Crippen LogP contribution in [0.5, 0.6) is 11.5 Å². The summed E-state index contributed by atoms with van der Waals surface area (Å²) >= 11 is 14.1. The molecule has 5 nitrogen and oxygen atoms in total. The highest BCUT2D eigenvalue weighted by Crippen LogP contribution is 2.45. The Hall–Kier alpha value is -2.33. The number of carbonyl (C=O) groups excluding carboxylic acids is 2. The second-order valence-electron chi connectivity index (χ2n) is 7.63. The fraction of sp³-hybridized carbons (Fsp3) is 0.154. The van der Waals surface area contributed by atoms with Crippen LogP contribution in [0, 0.1) is 5.82 Å². The minimum Gasteiger partial charge on any atom is -0.490 e. The molecule has 0 atom stereocenters. The molecule has 1 aliphatic heterocycles. The highest BCUT2D eigenvalue weighted by molar-refractivity contribution is 9.13. The Balaban J connectivity index is 1.61. The molecule has 0 N–H and O–H groups in total. The number of amides is 2. The number of ether oxygens (including phenoxy) is 2. The van der Waals surface area contributed by atoms with Crippen LogP contribution in [0.3, 0.4) is 0 Å². The first-order valence-electron chi connectivity index (χ1n) is 10.8. The van der Waals surface area contributed by atoms with Gasteiger partial charge in [-0.15, -0.1) is 0 Å². The number of nitrogens with zero attached hydrogens (tertiary/aromatic N) is 1. The van der Waals surface area contributed by atoms with Crippen molar-refractivity contribution in [2.24, 2.45) is 0 Å². The van der Waals surface area contributed by atoms with E-state index >= 15 is 0 Å². The molecule has 10 heteroatoms. The first kappa shape index (κ1) is 26.7. The summed E-state index contributed by atoms with van der Waals surface area (Å²) in [5.41, 5.74) is 2.11. The quantitative estimate of drug-likeness (QED) is 0.229. The van der Waals surface area contributed by atoms with Crippen molar-refractivity contribution in [2.75, 3.05) is 6.61 Å². The average Bonchev–Trinajstić information content (AvgIpc) is 3.11. The smallest absolute Gasteiger partial charge is 0.293 e. The third kappa shape index (κ3) is 5.96. The average molecular weight is 656 g/mol. The summed E-state index contributed by atoms with van der Waals surface area (Å²) in [6.07, 6.45) is 1.62. The van der Waals surface area contributed by atoms with Gasteiger partial charge in [-0.3, -0.25) is 14.5 Å². The summed E-state index contributed by atoms with van der Waals surface area (Å²) in [5, 5.41) is -0.285. The third-order valence-electron chi connectivity index (χ3n) is 5.19. The van der Waals surface area contributed by atoms with Gasteiger partial charge in [0, 0.05) is 9.50 Å². The Morgan fingerprint density at radius 2 is 1.81 bits per heavy atom. The van der Waals surface area contributed by atoms with E-state index in [1.165, 1.54) is 12.1 Å². The summed E-state index contributed by atoms with van der Waals surface area (Å²) in [5.74, 6) is 0.0566. The molecule has 0 saturated carbocycles. The van der Waals surface area contributed by atoms with E-state index in [1.54, 1.807) is 12.1 Å². The zero-order valence-electron chi connectivity index (χ0n) is 18.9. The molecule has 36 heavy (non-hydrogen) atoms. The molecule has 0 aliphatic carbocycles. The lowest BCUT2D eigenvalue weighted by Gasteiger charge is -2.17. The topological polar surface area (TPSA) is 55.8 Å². The molecule has 3 aromatic carbocycles. The molecule has 1 aliphatic rings. The van der Waals surface area contributed by atoms with E-state index < -0.39 is 17.0 Å². The molecular weight excluding hydrogens is 637 g/mol. The normalized spacial score (nSPS) is 14.6. The molecular formula is C26H19Br2ClFNO4S. The van der Waals surface area contributed by atoms with Crippen molar-refractivity contribution < 1.29 is 23.5 Å². The SMILES string of the molecule is CCOc1cc(/C=C2\SC(=O)N(Cc3ccc(F)cc3Cl)C2=O)c(Br)c(Br)c1OCc1ccccc1. The van der Waals surface area contributed by atoms with Gasteiger partial charge < -0.3 is 9.47 Å². The lowest BCUT2D eigenvalue weighted by atomic mass is 10.1. The number of thioether (sulfide) groups is 1. The molecule has 1 saturated heterocycles. The summed E-state index contributed by atoms with van der Waals surface area (Å²) < 4.78 is 26.5. The van der Waals surface area contributed by atoms with Gasteiger partial charge in [-0.1, -0.05) is 48.0 Å². The first-order valence-corrected chi connectivity index (χ1v) is 13.6. The van der Waals surface area contributed by atoms with Crippen molar-refractivity contribution in [2.45, 2.75) is 20.1 Å². The van der Waals surface area contributed by atoms with Crippen LogP contribution in [-0.2, 0) is 17.9 Å². The lowest BCUT2D eigenvalue weighted by molar-refractivity contribution is -0.123. The zero-order valence-corrected chi connectivity index (χ0v) is 23.6. The number of halogens is 4. The maximum absolute atomic E-state index is 13.4. The van der Waals surface area contributed by atoms with Crippen LogP contribution in [0.4, 0.5) is 9.18 Å². The van der Waals surface area contributed by atoms with Crippen LogP contribution in [0.2, 0.25) is 5.02 Å². The summed E-state index contributed by atoms with van der Waals surface area (Å²) in [6.45, 7) is 2.56. The Labute approximate surface area is 233 Å². The lowest BCUT2D eigenvalue weighted by Crippen LogP contribution is -2.27. The second-order valence-corrected chi connectivity index (χ2v) is 10.6. The molecule has 1 heterocycles. The number of carbonyl (C=O) groups is 2. The number of benzene rings is 3. The summed E-state index contributed by atoms with van der Waals surface area (Å²) in [6, 6.07) is 15.3. The van der Waals surface area contributed by atoms with Gasteiger partial charge in [0.1, 0.15) is 12.4 Å². The van der Waals surface area contributed by atoms with Crippen LogP contribution in [0.25, 0.3) is 6.08 Å². The Bertz CT molecular complexity index is 1350. The van der Waals surface area contributed by atoms with E-state index in [-0.39, 0.29) is 16.5 Å². The predicted molar refractivity (Wildman–Crippen MR) is 147 cm³/mol. The third-order valence-corrected chi connectivity index (χ3v) is 8.59. The minimum absolute atomic E-state index is 0.0531. The van der Waals surface area contributed by atoms with Crippen molar-refractivity contribution >= 4 is 72.4 Å². The van der Waals surface area contributed by atoms with Crippen molar-refractivity contribution in [1.29, 1.82) is 0 Å². The van der Waals surface area contributed by atoms with Gasteiger partial charge in [0.05, 0.1) is 22.5 Å². The molecule has 0 unspecified atom stereocenters. The van der Waals surface area contributed by atoms with Crippen molar-refractivity contribution in [1.82, 2.24) is 4.90 Å². The summed E-state index contributed by atoms with van der Waals surface area (Å²) in [7, 11) is 0. The molecule has 3 aromatic rings. The van der Waals surface area contributed by atoms with Gasteiger partial charge in [-0.2, -0.15) is 0 Å². The maximum Gasteiger partial charge on any atom is 0.293 e. The van der Waals surface area contributed by atoms with E-state index in [2.05, 4.69) is 31.9 Å². The molecule has 4 rings (SSSR count). The zero-order chi connectivity index (χ0) is 25.8. The molecule has 0 radical (unpaired) electrons. The van der Waals surface area contributed by atoms with Crippen molar-refractivity contribution in [3.8, 4) is 11.5 Å². The number of rotatable bonds is 8. The largest absolute Gasteiger partial charge is 0.490 e. The minimum atomic E-state index is -0.491. The van der Waals surface area contributed by atoms with Gasteiger partial charge in [-0.25, -0.2) is 4.39 Å². The van der Waals surface area contributed by atoms with E-state index in [0.717, 1.165) is 28.3 Å². The molecule has 0 aromatic heterocycles. The van der Waals surface area contributed by atoms with Crippen LogP contribution < -0.4 is 9.47 Å². The monoisotopic (exact) mass is 653 g/mol. The van der Waals surface area contributed by atoms with E-state index in [4.69, 9.17) is 21.1 Å². The van der Waals surface area contributed by atoms with E-state index in [1.807, 2.05) is 37.3 Å². The van der Waals surface area contributed by atoms with Gasteiger partial charge in [0.25, 0.3) is 11.1 Å². The van der Waals surface area contributed by atoms with Gasteiger partial charge in [0.2, 0.25) is 0 Å². The molecule has 2 amide bonds. The van der Waals surface area contributed by atoms with E-state index in [9.17, 15) is 14.0 Å². The Morgan fingerprint density at radius 3 is 2.50 bits per heavy atom. The fourth-order valence-corrected chi connectivity index (χ4v) is 5.44. The fourth-order valence-electron chi connectivity index (χ4n) is 3.43. The number of hydrogen-bond acceptors (Lipinski definition) is 5. The predicted octanol–water partition coefficient (Wildman–Crippen LogP) is 8.22. The van der Waals surface area contributed by atoms with Crippen molar-refractivity contribution in [3.05, 3.63) is 96.0 Å². The second kappa shape index (κ2) is 11.8. The molecule has 186 valence electrons. The van der Waals surface area contributed by atoms with Crippen LogP contribution >= 0.6 is 55.2 Å². The molecule has 0 spiro atoms. The number of hydrogen-bond donors (Lipinski definition) is 0. The Morgan fingerprint density at radius 1 is 1.06 bits per heavy atom. The van der Waals surface area contributed by atoms with Gasteiger partial charge in [-0.05, 0) is 91.5 Å². The molecule has 1 fully saturated rings. The maximum atomic E-state index is 13.4. The highest BCUT2D eigenvalue weighted by Gasteiger charge is 2.35. The van der Waals surface area contributed by atoms with Crippen LogP contribution in [0.15, 0.2) is 68.4 Å². The Kier molecular flexibility index (Phi) is 8.77. The number of imide groups is 1. The standard InChI is InChI=1S/C26H19Br2ClFNO4S/c1-2-34-20-10-17(22(27)23(28)24(20)35-14-15-6-4-3-5-7-15)11-21-25(32)31(26(33)36-21)13-16-8-9-18(30)12-19(16)29/h3-12H,2,13-14H2,1H3/b21-11-. The highest BCUT2D eigenvalue weighted by atomic mass is 79.9. The van der Waals surface area contributed by atoms with Gasteiger partial charge in [0.15, 0.2) is 11.5 Å². The molecule has 0 bridgehead atoms. The van der Waals surface area contributed by atoms with Crippen LogP contribution in [0.1, 0.15) is 23.6 Å². The van der Waals surface area contributed by atoms with Gasteiger partial charge >= 0.3 is 0 Å². The van der Waals surface area contributed by atoms with Crippen molar-refractivity contribution in [3.63, 3.8) is 0 Å². The summed E-state index contributed by atoms with van der Waals surface area (Å²) in [4.78, 5) is 27.0. The first-order chi connectivity index (χ1) is 17.3. The van der Waals surface area contributed by atoms with E-state index in [0.29, 0.717) is 44.8 Å². The van der Waals surface area contributed by atoms with Crippen LogP contribution in [-0.4, -0.2) is 22.7 Å².